The van der Waals surface area contributed by atoms with Crippen molar-refractivity contribution in [1.82, 2.24) is 0 Å². The minimum absolute atomic E-state index is 0.0635. The molecule has 1 aliphatic carbocycles. The number of nitrogens with zero attached hydrogens (tertiary/aromatic N) is 3. The van der Waals surface area contributed by atoms with Crippen LogP contribution in [0.1, 0.15) is 118 Å². The Kier molecular flexibility index (Phi) is 10.3. The Hall–Kier alpha value is -6.85. The average molecular weight is 944 g/mol. The molecule has 0 spiro atoms. The highest BCUT2D eigenvalue weighted by Gasteiger charge is 2.60. The van der Waals surface area contributed by atoms with Gasteiger partial charge in [0.2, 0.25) is 0 Å². The molecule has 0 bridgehead atoms. The number of hydrogen-bond acceptors (Lipinski definition) is 3. The van der Waals surface area contributed by atoms with Crippen molar-refractivity contribution in [1.29, 1.82) is 0 Å². The van der Waals surface area contributed by atoms with Crippen LogP contribution >= 0.6 is 0 Å². The van der Waals surface area contributed by atoms with E-state index in [4.69, 9.17) is 0 Å². The van der Waals surface area contributed by atoms with E-state index in [0.717, 1.165) is 59.0 Å². The maximum absolute atomic E-state index is 15.6. The number of rotatable bonds is 5. The second-order valence-electron chi connectivity index (χ2n) is 24.7. The van der Waals surface area contributed by atoms with E-state index in [2.05, 4.69) is 249 Å². The summed E-state index contributed by atoms with van der Waals surface area (Å²) in [4.78, 5) is 7.83. The summed E-state index contributed by atoms with van der Waals surface area (Å²) in [6, 6.07) is 63.3. The molecule has 0 aromatic heterocycles. The molecule has 0 radical (unpaired) electrons. The molecule has 3 aliphatic heterocycles. The second-order valence-corrected chi connectivity index (χ2v) is 24.7. The second kappa shape index (κ2) is 16.1. The number of benzene rings is 8. The highest BCUT2D eigenvalue weighted by atomic mass is 19.1. The maximum atomic E-state index is 15.6. The lowest BCUT2D eigenvalue weighted by atomic mass is 9.33. The van der Waals surface area contributed by atoms with Gasteiger partial charge in [-0.05, 0) is 153 Å². The van der Waals surface area contributed by atoms with Crippen LogP contribution in [0.15, 0.2) is 170 Å². The summed E-state index contributed by atoms with van der Waals surface area (Å²) >= 11 is 0. The molecule has 3 heterocycles. The van der Waals surface area contributed by atoms with Crippen LogP contribution in [-0.2, 0) is 21.7 Å². The van der Waals surface area contributed by atoms with E-state index < -0.39 is 0 Å². The Morgan fingerprint density at radius 1 is 0.444 bits per heavy atom. The van der Waals surface area contributed by atoms with Crippen LogP contribution in [0.5, 0.6) is 0 Å². The Balaban J connectivity index is 1.24. The molecule has 12 rings (SSSR count). The molecule has 72 heavy (non-hydrogen) atoms. The number of fused-ring (bicyclic) bond motifs is 7. The van der Waals surface area contributed by atoms with Gasteiger partial charge >= 0.3 is 0 Å². The van der Waals surface area contributed by atoms with Crippen molar-refractivity contribution in [2.45, 2.75) is 123 Å². The summed E-state index contributed by atoms with van der Waals surface area (Å²) in [6.45, 7) is 25.6. The lowest BCUT2D eigenvalue weighted by Gasteiger charge is -2.47. The lowest BCUT2D eigenvalue weighted by Crippen LogP contribution is -2.61. The van der Waals surface area contributed by atoms with Crippen LogP contribution in [0.2, 0.25) is 0 Å². The van der Waals surface area contributed by atoms with E-state index in [9.17, 15) is 0 Å². The van der Waals surface area contributed by atoms with Crippen molar-refractivity contribution in [3.63, 3.8) is 0 Å². The van der Waals surface area contributed by atoms with Crippen LogP contribution in [0.3, 0.4) is 0 Å². The van der Waals surface area contributed by atoms with Gasteiger partial charge in [0.15, 0.2) is 0 Å². The molecule has 3 nitrogen and oxygen atoms in total. The van der Waals surface area contributed by atoms with E-state index in [1.165, 1.54) is 66.7 Å². The standard InChI is InChI=1S/C67H67BFN3/c1-63(2,3)45-27-31-55(50(37-45)43-21-14-12-15-22-43)70-58-26-19-18-25-53(58)68-54-39-47(65(7,8)9)29-33-59(54)71(56-32-28-46(64(4,5)6)38-51(56)44-23-16-13-17-24-44)61-42-49(41-60(70)62(61)68)72-57-34-30-48(69)40-52(57)66(10)35-20-36-67(66,72)11/h12-19,21-34,37-42H,20,35-36H2,1-11H3. The molecular weight excluding hydrogens is 877 g/mol. The third kappa shape index (κ3) is 6.97. The van der Waals surface area contributed by atoms with Gasteiger partial charge in [0.05, 0.1) is 16.9 Å². The van der Waals surface area contributed by atoms with Crippen LogP contribution in [0.4, 0.5) is 49.9 Å². The summed E-state index contributed by atoms with van der Waals surface area (Å²) in [5.41, 5.74) is 22.1. The smallest absolute Gasteiger partial charge is 0.252 e. The van der Waals surface area contributed by atoms with Crippen LogP contribution in [0.25, 0.3) is 22.3 Å². The normalized spacial score (nSPS) is 18.9. The van der Waals surface area contributed by atoms with Crippen molar-refractivity contribution in [3.8, 4) is 22.3 Å². The third-order valence-corrected chi connectivity index (χ3v) is 17.3. The summed E-state index contributed by atoms with van der Waals surface area (Å²) in [7, 11) is 0. The zero-order valence-corrected chi connectivity index (χ0v) is 44.1. The number of hydrogen-bond donors (Lipinski definition) is 0. The Morgan fingerprint density at radius 3 is 1.46 bits per heavy atom. The van der Waals surface area contributed by atoms with Gasteiger partial charge in [0, 0.05) is 50.7 Å². The number of halogens is 1. The number of anilines is 8. The van der Waals surface area contributed by atoms with Crippen molar-refractivity contribution in [2.75, 3.05) is 14.7 Å². The molecule has 0 saturated heterocycles. The average Bonchev–Trinajstić information content (AvgIpc) is 3.76. The molecule has 4 aliphatic rings. The first-order chi connectivity index (χ1) is 34.3. The van der Waals surface area contributed by atoms with Crippen LogP contribution in [0, 0.1) is 5.82 Å². The Labute approximate surface area is 428 Å². The lowest BCUT2D eigenvalue weighted by molar-refractivity contribution is 0.330. The summed E-state index contributed by atoms with van der Waals surface area (Å²) in [5.74, 6) is -0.172. The summed E-state index contributed by atoms with van der Waals surface area (Å²) in [5, 5.41) is 0. The van der Waals surface area contributed by atoms with Gasteiger partial charge in [-0.3, -0.25) is 0 Å². The Morgan fingerprint density at radius 2 is 0.917 bits per heavy atom. The minimum Gasteiger partial charge on any atom is -0.334 e. The van der Waals surface area contributed by atoms with E-state index in [0.29, 0.717) is 0 Å². The molecule has 1 fully saturated rings. The minimum atomic E-state index is -0.299. The van der Waals surface area contributed by atoms with Gasteiger partial charge in [0.25, 0.3) is 6.71 Å². The van der Waals surface area contributed by atoms with E-state index in [1.54, 1.807) is 6.07 Å². The molecule has 8 aromatic carbocycles. The van der Waals surface area contributed by atoms with Crippen LogP contribution < -0.4 is 31.1 Å². The summed E-state index contributed by atoms with van der Waals surface area (Å²) < 4.78 is 15.6. The monoisotopic (exact) mass is 944 g/mol. The van der Waals surface area contributed by atoms with Gasteiger partial charge in [-0.15, -0.1) is 0 Å². The molecule has 5 heteroatoms. The first kappa shape index (κ1) is 46.2. The van der Waals surface area contributed by atoms with Crippen molar-refractivity contribution in [2.24, 2.45) is 0 Å². The highest BCUT2D eigenvalue weighted by Crippen LogP contribution is 2.63. The van der Waals surface area contributed by atoms with Crippen molar-refractivity contribution in [3.05, 3.63) is 198 Å². The highest BCUT2D eigenvalue weighted by molar-refractivity contribution is 7.00. The molecule has 2 unspecified atom stereocenters. The number of para-hydroxylation sites is 1. The maximum Gasteiger partial charge on any atom is 0.252 e. The van der Waals surface area contributed by atoms with Gasteiger partial charge in [0.1, 0.15) is 5.82 Å². The molecule has 0 amide bonds. The van der Waals surface area contributed by atoms with Gasteiger partial charge in [-0.2, -0.15) is 0 Å². The molecule has 360 valence electrons. The van der Waals surface area contributed by atoms with Gasteiger partial charge in [-0.25, -0.2) is 4.39 Å². The first-order valence-corrected chi connectivity index (χ1v) is 26.3. The van der Waals surface area contributed by atoms with E-state index in [-0.39, 0.29) is 39.7 Å². The van der Waals surface area contributed by atoms with Gasteiger partial charge in [-0.1, -0.05) is 179 Å². The molecular formula is C67H67BFN3. The molecule has 1 saturated carbocycles. The predicted molar refractivity (Wildman–Crippen MR) is 306 cm³/mol. The van der Waals surface area contributed by atoms with Gasteiger partial charge < -0.3 is 14.7 Å². The van der Waals surface area contributed by atoms with Crippen molar-refractivity contribution < 1.29 is 4.39 Å². The topological polar surface area (TPSA) is 9.72 Å². The van der Waals surface area contributed by atoms with Crippen molar-refractivity contribution >= 4 is 68.6 Å². The molecule has 0 N–H and O–H groups in total. The van der Waals surface area contributed by atoms with Crippen LogP contribution in [-0.4, -0.2) is 12.3 Å². The predicted octanol–water partition coefficient (Wildman–Crippen LogP) is 16.5. The molecule has 8 aromatic rings. The zero-order valence-electron chi connectivity index (χ0n) is 44.1. The SMILES string of the molecule is CC(C)(C)c1ccc2c(c1)B1c3ccccc3N(c3ccc(C(C)(C)C)cc3-c3ccccc3)c3cc(N4c5ccc(F)cc5C5(C)CCCC45C)cc(c31)N2c1ccc(C(C)(C)C)cc1-c1ccccc1. The van der Waals surface area contributed by atoms with E-state index >= 15 is 4.39 Å². The quantitative estimate of drug-likeness (QED) is 0.159. The molecule has 2 atom stereocenters. The zero-order chi connectivity index (χ0) is 50.3. The fourth-order valence-electron chi connectivity index (χ4n) is 13.1. The largest absolute Gasteiger partial charge is 0.334 e. The fraction of sp³-hybridized carbons (Fsp3) is 0.284. The third-order valence-electron chi connectivity index (χ3n) is 17.3. The van der Waals surface area contributed by atoms with E-state index in [1.807, 2.05) is 6.07 Å². The first-order valence-electron chi connectivity index (χ1n) is 26.3. The fourth-order valence-corrected chi connectivity index (χ4v) is 13.1. The Bertz CT molecular complexity index is 3450. The summed E-state index contributed by atoms with van der Waals surface area (Å²) in [6.07, 6.45) is 3.09.